The number of halogens is 1. The zero-order valence-corrected chi connectivity index (χ0v) is 11.5. The van der Waals surface area contributed by atoms with Crippen molar-refractivity contribution in [3.8, 4) is 0 Å². The second kappa shape index (κ2) is 6.36. The van der Waals surface area contributed by atoms with Crippen LogP contribution in [-0.2, 0) is 16.5 Å². The van der Waals surface area contributed by atoms with Crippen LogP contribution in [0.5, 0.6) is 0 Å². The van der Waals surface area contributed by atoms with Gasteiger partial charge in [-0.2, -0.15) is 0 Å². The Bertz CT molecular complexity index is 525. The maximum atomic E-state index is 11.9. The number of alkyl halides is 1. The number of hydrogen-bond acceptors (Lipinski definition) is 1. The van der Waals surface area contributed by atoms with Gasteiger partial charge in [-0.25, -0.2) is 0 Å². The fourth-order valence-electron chi connectivity index (χ4n) is 1.72. The molecule has 1 N–H and O–H groups in total. The van der Waals surface area contributed by atoms with Crippen LogP contribution >= 0.6 is 15.9 Å². The van der Waals surface area contributed by atoms with Crippen molar-refractivity contribution >= 4 is 27.5 Å². The average molecular weight is 304 g/mol. The summed E-state index contributed by atoms with van der Waals surface area (Å²) in [6.45, 7) is 0. The largest absolute Gasteiger partial charge is 0.326 e. The summed E-state index contributed by atoms with van der Waals surface area (Å²) in [6, 6.07) is 17.6. The molecule has 0 bridgehead atoms. The molecule has 0 saturated heterocycles. The Balaban J connectivity index is 1.99. The second-order valence-electron chi connectivity index (χ2n) is 4.04. The predicted molar refractivity (Wildman–Crippen MR) is 77.8 cm³/mol. The molecule has 92 valence electrons. The normalized spacial score (nSPS) is 10.1. The van der Waals surface area contributed by atoms with Crippen molar-refractivity contribution in [2.75, 3.05) is 5.32 Å². The first-order chi connectivity index (χ1) is 8.78. The highest BCUT2D eigenvalue weighted by Crippen LogP contribution is 2.13. The van der Waals surface area contributed by atoms with Crippen molar-refractivity contribution in [1.29, 1.82) is 0 Å². The number of rotatable bonds is 4. The lowest BCUT2D eigenvalue weighted by Crippen LogP contribution is -2.14. The van der Waals surface area contributed by atoms with Crippen molar-refractivity contribution in [3.05, 3.63) is 65.7 Å². The monoisotopic (exact) mass is 303 g/mol. The van der Waals surface area contributed by atoms with Crippen LogP contribution in [0, 0.1) is 0 Å². The van der Waals surface area contributed by atoms with Gasteiger partial charge in [0.15, 0.2) is 0 Å². The molecule has 2 aromatic carbocycles. The zero-order chi connectivity index (χ0) is 12.8. The van der Waals surface area contributed by atoms with Gasteiger partial charge in [0, 0.05) is 11.0 Å². The van der Waals surface area contributed by atoms with Crippen LogP contribution in [0.15, 0.2) is 54.6 Å². The van der Waals surface area contributed by atoms with E-state index in [0.717, 1.165) is 22.1 Å². The molecule has 0 atom stereocenters. The topological polar surface area (TPSA) is 29.1 Å². The van der Waals surface area contributed by atoms with Crippen LogP contribution in [-0.4, -0.2) is 5.91 Å². The highest BCUT2D eigenvalue weighted by molar-refractivity contribution is 9.08. The summed E-state index contributed by atoms with van der Waals surface area (Å²) < 4.78 is 0. The molecule has 2 aromatic rings. The van der Waals surface area contributed by atoms with Gasteiger partial charge in [0.25, 0.3) is 0 Å². The Kier molecular flexibility index (Phi) is 4.53. The SMILES string of the molecule is O=C(Cc1ccccc1)Nc1cccc(CBr)c1. The molecule has 2 nitrogen and oxygen atoms in total. The van der Waals surface area contributed by atoms with E-state index in [-0.39, 0.29) is 5.91 Å². The van der Waals surface area contributed by atoms with Crippen molar-refractivity contribution in [1.82, 2.24) is 0 Å². The van der Waals surface area contributed by atoms with Crippen molar-refractivity contribution in [2.45, 2.75) is 11.8 Å². The first-order valence-corrected chi connectivity index (χ1v) is 6.89. The van der Waals surface area contributed by atoms with Crippen LogP contribution in [0.1, 0.15) is 11.1 Å². The summed E-state index contributed by atoms with van der Waals surface area (Å²) in [5.74, 6) is 0.00734. The molecule has 1 amide bonds. The third kappa shape index (κ3) is 3.70. The van der Waals surface area contributed by atoms with E-state index < -0.39 is 0 Å². The first kappa shape index (κ1) is 12.8. The van der Waals surface area contributed by atoms with Crippen molar-refractivity contribution in [3.63, 3.8) is 0 Å². The summed E-state index contributed by atoms with van der Waals surface area (Å²) in [7, 11) is 0. The van der Waals surface area contributed by atoms with E-state index in [1.54, 1.807) is 0 Å². The van der Waals surface area contributed by atoms with Gasteiger partial charge in [-0.15, -0.1) is 0 Å². The van der Waals surface area contributed by atoms with Gasteiger partial charge in [0.05, 0.1) is 6.42 Å². The van der Waals surface area contributed by atoms with Crippen LogP contribution in [0.3, 0.4) is 0 Å². The molecule has 0 aliphatic carbocycles. The second-order valence-corrected chi connectivity index (χ2v) is 4.61. The molecule has 0 unspecified atom stereocenters. The van der Waals surface area contributed by atoms with Gasteiger partial charge in [0.1, 0.15) is 0 Å². The van der Waals surface area contributed by atoms with Gasteiger partial charge in [-0.3, -0.25) is 4.79 Å². The Morgan fingerprint density at radius 3 is 2.44 bits per heavy atom. The standard InChI is InChI=1S/C15H14BrNO/c16-11-13-7-4-8-14(9-13)17-15(18)10-12-5-2-1-3-6-12/h1-9H,10-11H2,(H,17,18). The quantitative estimate of drug-likeness (QED) is 0.856. The van der Waals surface area contributed by atoms with E-state index in [9.17, 15) is 4.79 Å². The predicted octanol–water partition coefficient (Wildman–Crippen LogP) is 3.76. The zero-order valence-electron chi connectivity index (χ0n) is 9.90. The van der Waals surface area contributed by atoms with Gasteiger partial charge in [-0.1, -0.05) is 58.4 Å². The van der Waals surface area contributed by atoms with E-state index in [0.29, 0.717) is 6.42 Å². The number of anilines is 1. The lowest BCUT2D eigenvalue weighted by Gasteiger charge is -2.06. The summed E-state index contributed by atoms with van der Waals surface area (Å²) in [5, 5.41) is 3.69. The number of carbonyl (C=O) groups is 1. The van der Waals surface area contributed by atoms with Gasteiger partial charge in [-0.05, 0) is 23.3 Å². The molecule has 0 saturated carbocycles. The van der Waals surface area contributed by atoms with E-state index in [1.807, 2.05) is 54.6 Å². The van der Waals surface area contributed by atoms with E-state index in [1.165, 1.54) is 0 Å². The number of nitrogens with one attached hydrogen (secondary N) is 1. The highest BCUT2D eigenvalue weighted by atomic mass is 79.9. The smallest absolute Gasteiger partial charge is 0.228 e. The van der Waals surface area contributed by atoms with Crippen LogP contribution in [0.25, 0.3) is 0 Å². The number of hydrogen-bond donors (Lipinski definition) is 1. The molecule has 0 aromatic heterocycles. The molecule has 3 heteroatoms. The lowest BCUT2D eigenvalue weighted by atomic mass is 10.1. The first-order valence-electron chi connectivity index (χ1n) is 5.76. The summed E-state index contributed by atoms with van der Waals surface area (Å²) >= 11 is 3.40. The molecule has 0 aliphatic rings. The molecule has 0 radical (unpaired) electrons. The summed E-state index contributed by atoms with van der Waals surface area (Å²) in [4.78, 5) is 11.9. The van der Waals surface area contributed by atoms with Crippen LogP contribution in [0.4, 0.5) is 5.69 Å². The minimum atomic E-state index is 0.00734. The minimum absolute atomic E-state index is 0.00734. The Morgan fingerprint density at radius 2 is 1.72 bits per heavy atom. The molecule has 0 heterocycles. The van der Waals surface area contributed by atoms with Gasteiger partial charge < -0.3 is 5.32 Å². The van der Waals surface area contributed by atoms with Crippen molar-refractivity contribution in [2.24, 2.45) is 0 Å². The van der Waals surface area contributed by atoms with Crippen molar-refractivity contribution < 1.29 is 4.79 Å². The van der Waals surface area contributed by atoms with Gasteiger partial charge >= 0.3 is 0 Å². The molecule has 18 heavy (non-hydrogen) atoms. The Morgan fingerprint density at radius 1 is 1.00 bits per heavy atom. The number of carbonyl (C=O) groups excluding carboxylic acids is 1. The molecule has 0 aliphatic heterocycles. The maximum absolute atomic E-state index is 11.9. The number of amides is 1. The molecule has 0 fully saturated rings. The minimum Gasteiger partial charge on any atom is -0.326 e. The fraction of sp³-hybridized carbons (Fsp3) is 0.133. The molecular formula is C15H14BrNO. The third-order valence-electron chi connectivity index (χ3n) is 2.57. The molecular weight excluding hydrogens is 290 g/mol. The summed E-state index contributed by atoms with van der Waals surface area (Å²) in [6.07, 6.45) is 0.402. The summed E-state index contributed by atoms with van der Waals surface area (Å²) in [5.41, 5.74) is 3.01. The average Bonchev–Trinajstić information content (AvgIpc) is 2.40. The Labute approximate surface area is 115 Å². The van der Waals surface area contributed by atoms with Crippen LogP contribution in [0.2, 0.25) is 0 Å². The van der Waals surface area contributed by atoms with E-state index in [2.05, 4.69) is 21.2 Å². The molecule has 0 spiro atoms. The van der Waals surface area contributed by atoms with Crippen LogP contribution < -0.4 is 5.32 Å². The van der Waals surface area contributed by atoms with Gasteiger partial charge in [0.2, 0.25) is 5.91 Å². The van der Waals surface area contributed by atoms with E-state index >= 15 is 0 Å². The highest BCUT2D eigenvalue weighted by Gasteiger charge is 2.03. The maximum Gasteiger partial charge on any atom is 0.228 e. The lowest BCUT2D eigenvalue weighted by molar-refractivity contribution is -0.115. The third-order valence-corrected chi connectivity index (χ3v) is 3.22. The molecule has 2 rings (SSSR count). The fourth-order valence-corrected chi connectivity index (χ4v) is 2.07. The number of benzene rings is 2. The van der Waals surface area contributed by atoms with E-state index in [4.69, 9.17) is 0 Å². The Hall–Kier alpha value is -1.61.